The Morgan fingerprint density at radius 3 is 2.94 bits per heavy atom. The van der Waals surface area contributed by atoms with E-state index < -0.39 is 0 Å². The summed E-state index contributed by atoms with van der Waals surface area (Å²) in [7, 11) is 0. The summed E-state index contributed by atoms with van der Waals surface area (Å²) in [4.78, 5) is 3.28. The van der Waals surface area contributed by atoms with E-state index in [0.29, 0.717) is 0 Å². The van der Waals surface area contributed by atoms with Crippen LogP contribution in [0, 0.1) is 0 Å². The molecule has 0 bridgehead atoms. The van der Waals surface area contributed by atoms with Crippen LogP contribution < -0.4 is 5.32 Å². The van der Waals surface area contributed by atoms with Crippen LogP contribution in [0.5, 0.6) is 0 Å². The van der Waals surface area contributed by atoms with Gasteiger partial charge in [0.1, 0.15) is 0 Å². The number of fused-ring (bicyclic) bond motifs is 1. The van der Waals surface area contributed by atoms with Crippen molar-refractivity contribution in [1.82, 2.24) is 10.3 Å². The molecule has 0 atom stereocenters. The largest absolute Gasteiger partial charge is 0.361 e. The van der Waals surface area contributed by atoms with E-state index in [-0.39, 0.29) is 0 Å². The molecule has 1 aromatic heterocycles. The lowest BCUT2D eigenvalue weighted by molar-refractivity contribution is 1.22. The molecule has 2 heterocycles. The lowest BCUT2D eigenvalue weighted by Crippen LogP contribution is -2.03. The molecule has 1 aliphatic heterocycles. The van der Waals surface area contributed by atoms with Crippen molar-refractivity contribution in [2.45, 2.75) is 0 Å². The third-order valence-electron chi connectivity index (χ3n) is 2.73. The van der Waals surface area contributed by atoms with Gasteiger partial charge in [-0.05, 0) is 30.4 Å². The van der Waals surface area contributed by atoms with Crippen LogP contribution in [0.2, 0.25) is 0 Å². The molecule has 1 aromatic carbocycles. The van der Waals surface area contributed by atoms with Gasteiger partial charge in [-0.3, -0.25) is 0 Å². The molecule has 0 radical (unpaired) electrons. The van der Waals surface area contributed by atoms with E-state index in [2.05, 4.69) is 50.5 Å². The number of allylic oxidation sites excluding steroid dienone is 4. The average molecular weight is 287 g/mol. The van der Waals surface area contributed by atoms with Crippen LogP contribution in [-0.2, 0) is 0 Å². The fraction of sp³-hybridized carbons (Fsp3) is 0. The molecule has 0 unspecified atom stereocenters. The van der Waals surface area contributed by atoms with Gasteiger partial charge in [0.25, 0.3) is 0 Å². The lowest BCUT2D eigenvalue weighted by atomic mass is 10.1. The van der Waals surface area contributed by atoms with Crippen molar-refractivity contribution < 1.29 is 0 Å². The Kier molecular flexibility index (Phi) is 2.61. The molecule has 2 aromatic rings. The number of aromatic nitrogens is 1. The summed E-state index contributed by atoms with van der Waals surface area (Å²) in [5.41, 5.74) is 3.40. The SMILES string of the molecule is Brc1cc(C2=CC=CC=CN2)c2[nH]ccc2c1. The van der Waals surface area contributed by atoms with Crippen LogP contribution in [0.15, 0.2) is 59.4 Å². The Bertz CT molecular complexity index is 647. The normalized spacial score (nSPS) is 14.5. The van der Waals surface area contributed by atoms with E-state index >= 15 is 0 Å². The molecule has 2 N–H and O–H groups in total. The minimum Gasteiger partial charge on any atom is -0.361 e. The number of aromatic amines is 1. The molecule has 84 valence electrons. The zero-order valence-corrected chi connectivity index (χ0v) is 10.7. The van der Waals surface area contributed by atoms with Gasteiger partial charge >= 0.3 is 0 Å². The fourth-order valence-corrected chi connectivity index (χ4v) is 2.45. The maximum Gasteiger partial charge on any atom is 0.0549 e. The van der Waals surface area contributed by atoms with Crippen molar-refractivity contribution in [2.24, 2.45) is 0 Å². The van der Waals surface area contributed by atoms with Crippen molar-refractivity contribution in [3.63, 3.8) is 0 Å². The number of hydrogen-bond acceptors (Lipinski definition) is 1. The van der Waals surface area contributed by atoms with E-state index in [1.165, 1.54) is 5.39 Å². The minimum absolute atomic E-state index is 1.08. The zero-order chi connectivity index (χ0) is 11.7. The second kappa shape index (κ2) is 4.26. The van der Waals surface area contributed by atoms with Crippen molar-refractivity contribution in [1.29, 1.82) is 0 Å². The molecular weight excluding hydrogens is 276 g/mol. The highest BCUT2D eigenvalue weighted by Crippen LogP contribution is 2.27. The summed E-state index contributed by atoms with van der Waals surface area (Å²) in [6.07, 6.45) is 12.0. The number of hydrogen-bond donors (Lipinski definition) is 2. The summed E-state index contributed by atoms with van der Waals surface area (Å²) in [5.74, 6) is 0. The molecular formula is C14H11BrN2. The molecule has 0 amide bonds. The molecule has 1 aliphatic rings. The Labute approximate surface area is 108 Å². The van der Waals surface area contributed by atoms with E-state index in [0.717, 1.165) is 21.2 Å². The predicted octanol–water partition coefficient (Wildman–Crippen LogP) is 3.94. The maximum atomic E-state index is 3.55. The minimum atomic E-state index is 1.08. The summed E-state index contributed by atoms with van der Waals surface area (Å²) in [6.45, 7) is 0. The Hall–Kier alpha value is -1.74. The smallest absolute Gasteiger partial charge is 0.0549 e. The van der Waals surface area contributed by atoms with Gasteiger partial charge in [0, 0.05) is 33.5 Å². The monoisotopic (exact) mass is 286 g/mol. The fourth-order valence-electron chi connectivity index (χ4n) is 1.97. The quantitative estimate of drug-likeness (QED) is 0.816. The highest BCUT2D eigenvalue weighted by Gasteiger charge is 2.08. The molecule has 0 aliphatic carbocycles. The second-order valence-corrected chi connectivity index (χ2v) is 4.78. The average Bonchev–Trinajstić information content (AvgIpc) is 2.62. The van der Waals surface area contributed by atoms with Gasteiger partial charge in [-0.15, -0.1) is 0 Å². The Balaban J connectivity index is 2.22. The molecule has 0 spiro atoms. The van der Waals surface area contributed by atoms with Crippen molar-refractivity contribution >= 4 is 32.5 Å². The first-order valence-corrected chi connectivity index (χ1v) is 6.21. The van der Waals surface area contributed by atoms with Gasteiger partial charge in [0.05, 0.1) is 5.52 Å². The van der Waals surface area contributed by atoms with Crippen molar-refractivity contribution in [3.05, 3.63) is 64.9 Å². The van der Waals surface area contributed by atoms with Crippen LogP contribution >= 0.6 is 15.9 Å². The number of halogens is 1. The maximum absolute atomic E-state index is 3.55. The van der Waals surface area contributed by atoms with Gasteiger partial charge in [-0.25, -0.2) is 0 Å². The molecule has 0 fully saturated rings. The van der Waals surface area contributed by atoms with E-state index in [4.69, 9.17) is 0 Å². The molecule has 0 saturated heterocycles. The van der Waals surface area contributed by atoms with Gasteiger partial charge < -0.3 is 10.3 Å². The molecule has 2 nitrogen and oxygen atoms in total. The van der Waals surface area contributed by atoms with Gasteiger partial charge in [-0.2, -0.15) is 0 Å². The van der Waals surface area contributed by atoms with Crippen LogP contribution in [0.25, 0.3) is 16.6 Å². The van der Waals surface area contributed by atoms with Crippen molar-refractivity contribution in [3.8, 4) is 0 Å². The summed E-state index contributed by atoms with van der Waals surface area (Å²) in [6, 6.07) is 6.30. The number of nitrogens with one attached hydrogen (secondary N) is 2. The number of benzene rings is 1. The lowest BCUT2D eigenvalue weighted by Gasteiger charge is -2.09. The van der Waals surface area contributed by atoms with Crippen LogP contribution in [0.4, 0.5) is 0 Å². The first-order chi connectivity index (χ1) is 8.34. The number of rotatable bonds is 1. The van der Waals surface area contributed by atoms with Gasteiger partial charge in [0.2, 0.25) is 0 Å². The topological polar surface area (TPSA) is 27.8 Å². The molecule has 3 rings (SSSR count). The third kappa shape index (κ3) is 1.94. The van der Waals surface area contributed by atoms with E-state index in [1.54, 1.807) is 0 Å². The third-order valence-corrected chi connectivity index (χ3v) is 3.19. The van der Waals surface area contributed by atoms with Gasteiger partial charge in [-0.1, -0.05) is 28.1 Å². The summed E-state index contributed by atoms with van der Waals surface area (Å²) < 4.78 is 1.08. The Morgan fingerprint density at radius 1 is 1.06 bits per heavy atom. The predicted molar refractivity (Wildman–Crippen MR) is 75.4 cm³/mol. The molecule has 17 heavy (non-hydrogen) atoms. The second-order valence-electron chi connectivity index (χ2n) is 3.86. The molecule has 3 heteroatoms. The summed E-state index contributed by atoms with van der Waals surface area (Å²) in [5, 5.41) is 4.49. The highest BCUT2D eigenvalue weighted by atomic mass is 79.9. The first-order valence-electron chi connectivity index (χ1n) is 5.42. The van der Waals surface area contributed by atoms with Crippen LogP contribution in [0.1, 0.15) is 5.56 Å². The highest BCUT2D eigenvalue weighted by molar-refractivity contribution is 9.10. The van der Waals surface area contributed by atoms with Crippen molar-refractivity contribution in [2.75, 3.05) is 0 Å². The van der Waals surface area contributed by atoms with E-state index in [1.807, 2.05) is 30.6 Å². The summed E-state index contributed by atoms with van der Waals surface area (Å²) >= 11 is 3.55. The van der Waals surface area contributed by atoms with E-state index in [9.17, 15) is 0 Å². The zero-order valence-electron chi connectivity index (χ0n) is 9.07. The standard InChI is InChI=1S/C14H11BrN2/c15-11-8-10-5-7-17-14(10)12(9-11)13-4-2-1-3-6-16-13/h1-9,16-17H. The molecule has 0 saturated carbocycles. The van der Waals surface area contributed by atoms with Crippen LogP contribution in [0.3, 0.4) is 0 Å². The number of H-pyrrole nitrogens is 1. The van der Waals surface area contributed by atoms with Gasteiger partial charge in [0.15, 0.2) is 0 Å². The Morgan fingerprint density at radius 2 is 2.00 bits per heavy atom. The first kappa shape index (κ1) is 10.4. The van der Waals surface area contributed by atoms with Crippen LogP contribution in [-0.4, -0.2) is 4.98 Å².